The van der Waals surface area contributed by atoms with E-state index in [0.717, 1.165) is 5.56 Å². The molecule has 1 aromatic rings. The summed E-state index contributed by atoms with van der Waals surface area (Å²) in [6.45, 7) is -1.54. The van der Waals surface area contributed by atoms with E-state index in [2.05, 4.69) is 16.0 Å². The van der Waals surface area contributed by atoms with Crippen molar-refractivity contribution in [3.05, 3.63) is 35.9 Å². The van der Waals surface area contributed by atoms with Gasteiger partial charge < -0.3 is 31.9 Å². The summed E-state index contributed by atoms with van der Waals surface area (Å²) in [5.74, 6) is -3.36. The molecule has 10 heteroatoms. The van der Waals surface area contributed by atoms with Gasteiger partial charge in [-0.15, -0.1) is 0 Å². The topological polar surface area (TPSA) is 171 Å². The van der Waals surface area contributed by atoms with Crippen LogP contribution in [-0.4, -0.2) is 65.7 Å². The van der Waals surface area contributed by atoms with Gasteiger partial charge in [-0.25, -0.2) is 4.79 Å². The van der Waals surface area contributed by atoms with E-state index in [0.29, 0.717) is 0 Å². The Morgan fingerprint density at radius 3 is 2.15 bits per heavy atom. The lowest BCUT2D eigenvalue weighted by Gasteiger charge is -2.17. The Balaban J connectivity index is 2.53. The third-order valence-corrected chi connectivity index (χ3v) is 3.36. The number of nitrogens with one attached hydrogen (secondary N) is 3. The second-order valence-electron chi connectivity index (χ2n) is 5.37. The summed E-state index contributed by atoms with van der Waals surface area (Å²) in [6.07, 6.45) is 0.0850. The Bertz CT molecular complexity index is 637. The maximum atomic E-state index is 11.9. The van der Waals surface area contributed by atoms with Gasteiger partial charge in [-0.2, -0.15) is 0 Å². The first-order valence-corrected chi connectivity index (χ1v) is 7.81. The van der Waals surface area contributed by atoms with Crippen molar-refractivity contribution in [1.29, 1.82) is 0 Å². The van der Waals surface area contributed by atoms with Crippen LogP contribution in [-0.2, 0) is 25.6 Å². The van der Waals surface area contributed by atoms with E-state index in [1.807, 2.05) is 0 Å². The van der Waals surface area contributed by atoms with Gasteiger partial charge in [0.1, 0.15) is 12.1 Å². The highest BCUT2D eigenvalue weighted by atomic mass is 16.4. The maximum Gasteiger partial charge on any atom is 0.326 e. The molecule has 10 nitrogen and oxygen atoms in total. The highest BCUT2D eigenvalue weighted by Gasteiger charge is 2.23. The number of hydrogen-bond acceptors (Lipinski definition) is 6. The van der Waals surface area contributed by atoms with Crippen molar-refractivity contribution >= 4 is 23.7 Å². The molecular weight excluding hydrogens is 344 g/mol. The molecule has 0 saturated heterocycles. The highest BCUT2D eigenvalue weighted by Crippen LogP contribution is 2.03. The van der Waals surface area contributed by atoms with Gasteiger partial charge >= 0.3 is 5.97 Å². The predicted octanol–water partition coefficient (Wildman–Crippen LogP) is -2.65. The van der Waals surface area contributed by atoms with E-state index in [1.165, 1.54) is 0 Å². The second-order valence-corrected chi connectivity index (χ2v) is 5.37. The summed E-state index contributed by atoms with van der Waals surface area (Å²) >= 11 is 0. The molecule has 2 atom stereocenters. The van der Waals surface area contributed by atoms with Crippen LogP contribution in [0.1, 0.15) is 5.56 Å². The average molecular weight is 366 g/mol. The van der Waals surface area contributed by atoms with Crippen LogP contribution in [0.4, 0.5) is 0 Å². The van der Waals surface area contributed by atoms with Crippen LogP contribution < -0.4 is 21.7 Å². The molecule has 0 radical (unpaired) electrons. The minimum Gasteiger partial charge on any atom is -0.480 e. The van der Waals surface area contributed by atoms with Crippen LogP contribution in [0.25, 0.3) is 0 Å². The van der Waals surface area contributed by atoms with Gasteiger partial charge in [0, 0.05) is 6.42 Å². The molecule has 7 N–H and O–H groups in total. The lowest BCUT2D eigenvalue weighted by atomic mass is 10.1. The first-order valence-electron chi connectivity index (χ1n) is 7.81. The summed E-state index contributed by atoms with van der Waals surface area (Å²) < 4.78 is 0. The third kappa shape index (κ3) is 7.28. The summed E-state index contributed by atoms with van der Waals surface area (Å²) in [7, 11) is 0. The Morgan fingerprint density at radius 1 is 1.00 bits per heavy atom. The number of aliphatic hydroxyl groups is 1. The molecule has 0 aromatic heterocycles. The number of aliphatic hydroxyl groups excluding tert-OH is 1. The number of nitrogens with two attached hydrogens (primary N) is 1. The average Bonchev–Trinajstić information content (AvgIpc) is 2.64. The minimum absolute atomic E-state index is 0.0850. The number of hydrogen-bond donors (Lipinski definition) is 6. The lowest BCUT2D eigenvalue weighted by Crippen LogP contribution is -2.53. The molecule has 0 aliphatic heterocycles. The van der Waals surface area contributed by atoms with Crippen molar-refractivity contribution in [2.75, 3.05) is 19.7 Å². The number of carboxylic acids is 1. The summed E-state index contributed by atoms with van der Waals surface area (Å²) in [5.41, 5.74) is 5.83. The Labute approximate surface area is 149 Å². The predicted molar refractivity (Wildman–Crippen MR) is 90.8 cm³/mol. The fraction of sp³-hybridized carbons (Fsp3) is 0.375. The normalized spacial score (nSPS) is 12.5. The lowest BCUT2D eigenvalue weighted by molar-refractivity contribution is -0.141. The quantitative estimate of drug-likeness (QED) is 0.262. The molecule has 2 unspecified atom stereocenters. The van der Waals surface area contributed by atoms with Gasteiger partial charge in [0.2, 0.25) is 17.7 Å². The van der Waals surface area contributed by atoms with Gasteiger partial charge in [0.15, 0.2) is 0 Å². The van der Waals surface area contributed by atoms with Crippen molar-refractivity contribution in [3.8, 4) is 0 Å². The molecule has 0 bridgehead atoms. The standard InChI is InChI=1S/C16H22N4O6/c17-7-13(22)20-12(9-21)15(24)18-8-14(23)19-11(16(25)26)6-10-4-2-1-3-5-10/h1-5,11-12,21H,6-9,17H2,(H,18,24)(H,19,23)(H,20,22)(H,25,26). The fourth-order valence-corrected chi connectivity index (χ4v) is 2.03. The van der Waals surface area contributed by atoms with Gasteiger partial charge in [-0.1, -0.05) is 30.3 Å². The van der Waals surface area contributed by atoms with E-state index in [1.54, 1.807) is 30.3 Å². The molecule has 0 aliphatic rings. The smallest absolute Gasteiger partial charge is 0.326 e. The molecule has 0 saturated carbocycles. The van der Waals surface area contributed by atoms with Gasteiger partial charge in [0.05, 0.1) is 19.7 Å². The van der Waals surface area contributed by atoms with E-state index in [4.69, 9.17) is 10.8 Å². The van der Waals surface area contributed by atoms with Crippen molar-refractivity contribution in [2.24, 2.45) is 5.73 Å². The maximum absolute atomic E-state index is 11.9. The van der Waals surface area contributed by atoms with Gasteiger partial charge in [-0.3, -0.25) is 14.4 Å². The molecule has 3 amide bonds. The molecule has 0 spiro atoms. The zero-order chi connectivity index (χ0) is 19.5. The number of aliphatic carboxylic acids is 1. The SMILES string of the molecule is NCC(=O)NC(CO)C(=O)NCC(=O)NC(Cc1ccccc1)C(=O)O. The number of carbonyl (C=O) groups is 4. The van der Waals surface area contributed by atoms with Crippen LogP contribution in [0.3, 0.4) is 0 Å². The second kappa shape index (κ2) is 10.8. The van der Waals surface area contributed by atoms with E-state index < -0.39 is 48.9 Å². The first-order chi connectivity index (χ1) is 12.4. The van der Waals surface area contributed by atoms with E-state index in [-0.39, 0.29) is 13.0 Å². The van der Waals surface area contributed by atoms with Crippen LogP contribution in [0.5, 0.6) is 0 Å². The molecule has 1 aromatic carbocycles. The van der Waals surface area contributed by atoms with Gasteiger partial charge in [0.25, 0.3) is 0 Å². The summed E-state index contributed by atoms with van der Waals surface area (Å²) in [6, 6.07) is 6.34. The van der Waals surface area contributed by atoms with Gasteiger partial charge in [-0.05, 0) is 5.56 Å². The molecule has 0 fully saturated rings. The third-order valence-electron chi connectivity index (χ3n) is 3.36. The molecule has 0 aliphatic carbocycles. The summed E-state index contributed by atoms with van der Waals surface area (Å²) in [4.78, 5) is 46.1. The fourth-order valence-electron chi connectivity index (χ4n) is 2.03. The van der Waals surface area contributed by atoms with Crippen molar-refractivity contribution in [2.45, 2.75) is 18.5 Å². The minimum atomic E-state index is -1.25. The van der Waals surface area contributed by atoms with Crippen LogP contribution in [0, 0.1) is 0 Å². The van der Waals surface area contributed by atoms with Crippen molar-refractivity contribution in [1.82, 2.24) is 16.0 Å². The first kappa shape index (κ1) is 21.1. The molecule has 26 heavy (non-hydrogen) atoms. The van der Waals surface area contributed by atoms with Crippen LogP contribution >= 0.6 is 0 Å². The molecule has 0 heterocycles. The molecule has 1 rings (SSSR count). The number of amides is 3. The Kier molecular flexibility index (Phi) is 8.75. The Morgan fingerprint density at radius 2 is 1.62 bits per heavy atom. The zero-order valence-corrected chi connectivity index (χ0v) is 14.0. The largest absolute Gasteiger partial charge is 0.480 e. The number of rotatable bonds is 10. The zero-order valence-electron chi connectivity index (χ0n) is 14.0. The number of carboxylic acid groups (broad SMARTS) is 1. The highest BCUT2D eigenvalue weighted by molar-refractivity contribution is 5.92. The van der Waals surface area contributed by atoms with Crippen LogP contribution in [0.15, 0.2) is 30.3 Å². The Hall–Kier alpha value is -2.98. The van der Waals surface area contributed by atoms with E-state index >= 15 is 0 Å². The van der Waals surface area contributed by atoms with Crippen LogP contribution in [0.2, 0.25) is 0 Å². The molecule has 142 valence electrons. The molecular formula is C16H22N4O6. The number of benzene rings is 1. The van der Waals surface area contributed by atoms with E-state index in [9.17, 15) is 24.3 Å². The monoisotopic (exact) mass is 366 g/mol. The van der Waals surface area contributed by atoms with Crippen molar-refractivity contribution in [3.63, 3.8) is 0 Å². The number of carbonyl (C=O) groups excluding carboxylic acids is 3. The van der Waals surface area contributed by atoms with Crippen molar-refractivity contribution < 1.29 is 29.4 Å². The summed E-state index contributed by atoms with van der Waals surface area (Å²) in [5, 5.41) is 25.0.